The molecule has 2 aromatic rings. The van der Waals surface area contributed by atoms with E-state index in [0.717, 1.165) is 17.7 Å². The van der Waals surface area contributed by atoms with Crippen LogP contribution in [0.1, 0.15) is 43.1 Å². The summed E-state index contributed by atoms with van der Waals surface area (Å²) in [6.07, 6.45) is 0.915. The summed E-state index contributed by atoms with van der Waals surface area (Å²) in [4.78, 5) is 12.9. The minimum Gasteiger partial charge on any atom is -0.494 e. The first-order chi connectivity index (χ1) is 13.7. The molecule has 0 aliphatic rings. The molecule has 0 fully saturated rings. The molecule has 0 aromatic heterocycles. The van der Waals surface area contributed by atoms with Crippen LogP contribution >= 0.6 is 15.9 Å². The summed E-state index contributed by atoms with van der Waals surface area (Å²) in [5.74, 6) is 0.356. The monoisotopic (exact) mass is 482 g/mol. The van der Waals surface area contributed by atoms with Crippen LogP contribution in [0.15, 0.2) is 45.8 Å². The second kappa shape index (κ2) is 10.2. The van der Waals surface area contributed by atoms with Crippen molar-refractivity contribution >= 4 is 37.5 Å². The van der Waals surface area contributed by atoms with Crippen LogP contribution in [0.5, 0.6) is 5.75 Å². The number of ether oxygens (including phenoxy) is 1. The number of sulfonamides is 1. The third-order valence-electron chi connectivity index (χ3n) is 4.44. The van der Waals surface area contributed by atoms with Crippen molar-refractivity contribution in [2.24, 2.45) is 0 Å². The molecular weight excluding hydrogens is 456 g/mol. The number of hydrogen-bond donors (Lipinski definition) is 1. The lowest BCUT2D eigenvalue weighted by Gasteiger charge is -2.19. The lowest BCUT2D eigenvalue weighted by atomic mass is 10.1. The average Bonchev–Trinajstić information content (AvgIpc) is 2.69. The van der Waals surface area contributed by atoms with E-state index in [1.165, 1.54) is 16.4 Å². The zero-order valence-corrected chi connectivity index (χ0v) is 19.6. The normalized spacial score (nSPS) is 11.5. The van der Waals surface area contributed by atoms with Gasteiger partial charge >= 0.3 is 0 Å². The second-order valence-corrected chi connectivity index (χ2v) is 9.30. The van der Waals surface area contributed by atoms with Crippen LogP contribution in [-0.4, -0.2) is 38.3 Å². The number of hydrogen-bond acceptors (Lipinski definition) is 4. The zero-order chi connectivity index (χ0) is 21.6. The second-order valence-electron chi connectivity index (χ2n) is 6.51. The minimum atomic E-state index is -3.65. The number of carbonyl (C=O) groups excluding carboxylic acids is 1. The first-order valence-electron chi connectivity index (χ1n) is 9.59. The molecule has 0 atom stereocenters. The third kappa shape index (κ3) is 5.58. The highest BCUT2D eigenvalue weighted by atomic mass is 79.9. The molecule has 0 radical (unpaired) electrons. The Labute approximate surface area is 181 Å². The van der Waals surface area contributed by atoms with Crippen molar-refractivity contribution < 1.29 is 17.9 Å². The third-order valence-corrected chi connectivity index (χ3v) is 7.18. The van der Waals surface area contributed by atoms with E-state index in [0.29, 0.717) is 29.9 Å². The Bertz CT molecular complexity index is 973. The molecule has 0 spiro atoms. The molecule has 2 rings (SSSR count). The first-order valence-corrected chi connectivity index (χ1v) is 11.8. The van der Waals surface area contributed by atoms with Crippen molar-refractivity contribution in [1.29, 1.82) is 0 Å². The number of carbonyl (C=O) groups is 1. The van der Waals surface area contributed by atoms with Crippen molar-refractivity contribution in [1.82, 2.24) is 4.31 Å². The Kier molecular flexibility index (Phi) is 8.24. The summed E-state index contributed by atoms with van der Waals surface area (Å²) in [7, 11) is -3.65. The summed E-state index contributed by atoms with van der Waals surface area (Å²) in [6.45, 7) is 8.84. The van der Waals surface area contributed by atoms with E-state index in [9.17, 15) is 13.2 Å². The highest BCUT2D eigenvalue weighted by Gasteiger charge is 2.24. The van der Waals surface area contributed by atoms with E-state index in [2.05, 4.69) is 21.2 Å². The van der Waals surface area contributed by atoms with Crippen LogP contribution in [0.3, 0.4) is 0 Å². The fourth-order valence-corrected chi connectivity index (χ4v) is 4.74. The Morgan fingerprint density at radius 3 is 2.38 bits per heavy atom. The Morgan fingerprint density at radius 1 is 1.10 bits per heavy atom. The molecule has 2 aromatic carbocycles. The quantitative estimate of drug-likeness (QED) is 0.555. The van der Waals surface area contributed by atoms with Gasteiger partial charge in [0.2, 0.25) is 10.0 Å². The van der Waals surface area contributed by atoms with Gasteiger partial charge in [0.15, 0.2) is 0 Å². The maximum Gasteiger partial charge on any atom is 0.256 e. The van der Waals surface area contributed by atoms with Gasteiger partial charge in [0.25, 0.3) is 5.91 Å². The Morgan fingerprint density at radius 2 is 1.79 bits per heavy atom. The van der Waals surface area contributed by atoms with Gasteiger partial charge in [-0.15, -0.1) is 0 Å². The molecule has 0 saturated heterocycles. The van der Waals surface area contributed by atoms with Crippen molar-refractivity contribution in [2.75, 3.05) is 25.0 Å². The number of benzene rings is 2. The number of rotatable bonds is 9. The van der Waals surface area contributed by atoms with Crippen LogP contribution in [0, 0.1) is 6.92 Å². The lowest BCUT2D eigenvalue weighted by Crippen LogP contribution is -2.30. The molecule has 158 valence electrons. The van der Waals surface area contributed by atoms with Gasteiger partial charge in [-0.2, -0.15) is 4.31 Å². The van der Waals surface area contributed by atoms with Crippen molar-refractivity contribution in [3.8, 4) is 5.75 Å². The van der Waals surface area contributed by atoms with E-state index in [1.54, 1.807) is 32.0 Å². The number of nitrogens with zero attached hydrogens (tertiary/aromatic N) is 1. The van der Waals surface area contributed by atoms with Gasteiger partial charge in [-0.25, -0.2) is 8.42 Å². The van der Waals surface area contributed by atoms with Crippen molar-refractivity contribution in [3.63, 3.8) is 0 Å². The molecule has 0 saturated carbocycles. The fourth-order valence-electron chi connectivity index (χ4n) is 2.83. The summed E-state index contributed by atoms with van der Waals surface area (Å²) in [5.41, 5.74) is 1.75. The molecule has 0 heterocycles. The smallest absolute Gasteiger partial charge is 0.256 e. The summed E-state index contributed by atoms with van der Waals surface area (Å²) < 4.78 is 33.0. The van der Waals surface area contributed by atoms with Crippen LogP contribution in [0.25, 0.3) is 0 Å². The predicted octanol–water partition coefficient (Wildman–Crippen LogP) is 4.83. The largest absolute Gasteiger partial charge is 0.494 e. The zero-order valence-electron chi connectivity index (χ0n) is 17.2. The van der Waals surface area contributed by atoms with Gasteiger partial charge in [-0.1, -0.05) is 20.8 Å². The molecule has 6 nitrogen and oxygen atoms in total. The van der Waals surface area contributed by atoms with Crippen molar-refractivity contribution in [3.05, 3.63) is 52.0 Å². The van der Waals surface area contributed by atoms with Crippen molar-refractivity contribution in [2.45, 2.75) is 39.0 Å². The van der Waals surface area contributed by atoms with Crippen LogP contribution in [0.4, 0.5) is 5.69 Å². The van der Waals surface area contributed by atoms with Crippen LogP contribution in [0.2, 0.25) is 0 Å². The first kappa shape index (κ1) is 23.4. The molecule has 29 heavy (non-hydrogen) atoms. The van der Waals surface area contributed by atoms with Gasteiger partial charge < -0.3 is 10.1 Å². The van der Waals surface area contributed by atoms with Gasteiger partial charge in [0, 0.05) is 23.2 Å². The highest BCUT2D eigenvalue weighted by Crippen LogP contribution is 2.26. The summed E-state index contributed by atoms with van der Waals surface area (Å²) in [6, 6.07) is 9.93. The topological polar surface area (TPSA) is 75.7 Å². The standard InChI is InChI=1S/C21H27BrN2O4S/c1-5-12-28-16-8-11-20(15(4)13-16)23-21(25)18-14-17(9-10-19(18)22)29(26,27)24(6-2)7-3/h8-11,13-14H,5-7,12H2,1-4H3,(H,23,25). The molecule has 0 unspecified atom stereocenters. The fraction of sp³-hybridized carbons (Fsp3) is 0.381. The molecule has 0 aliphatic carbocycles. The highest BCUT2D eigenvalue weighted by molar-refractivity contribution is 9.10. The Balaban J connectivity index is 2.30. The molecular formula is C21H27BrN2O4S. The molecule has 0 aliphatic heterocycles. The maximum atomic E-state index is 12.9. The van der Waals surface area contributed by atoms with Gasteiger partial charge in [-0.05, 0) is 71.2 Å². The minimum absolute atomic E-state index is 0.0922. The van der Waals surface area contributed by atoms with E-state index in [1.807, 2.05) is 19.9 Å². The van der Waals surface area contributed by atoms with E-state index < -0.39 is 15.9 Å². The Hall–Kier alpha value is -1.90. The molecule has 8 heteroatoms. The average molecular weight is 483 g/mol. The van der Waals surface area contributed by atoms with Gasteiger partial charge in [-0.3, -0.25) is 4.79 Å². The molecule has 0 bridgehead atoms. The number of anilines is 1. The molecule has 1 N–H and O–H groups in total. The van der Waals surface area contributed by atoms with E-state index >= 15 is 0 Å². The predicted molar refractivity (Wildman–Crippen MR) is 119 cm³/mol. The maximum absolute atomic E-state index is 12.9. The number of aryl methyl sites for hydroxylation is 1. The van der Waals surface area contributed by atoms with Gasteiger partial charge in [0.05, 0.1) is 17.1 Å². The van der Waals surface area contributed by atoms with E-state index in [4.69, 9.17) is 4.74 Å². The number of nitrogens with one attached hydrogen (secondary N) is 1. The van der Waals surface area contributed by atoms with Crippen LogP contribution < -0.4 is 10.1 Å². The number of halogens is 1. The van der Waals surface area contributed by atoms with Gasteiger partial charge in [0.1, 0.15) is 5.75 Å². The number of amides is 1. The SMILES string of the molecule is CCCOc1ccc(NC(=O)c2cc(S(=O)(=O)N(CC)CC)ccc2Br)c(C)c1. The van der Waals surface area contributed by atoms with Crippen LogP contribution in [-0.2, 0) is 10.0 Å². The molecule has 1 amide bonds. The summed E-state index contributed by atoms with van der Waals surface area (Å²) in [5, 5.41) is 2.85. The lowest BCUT2D eigenvalue weighted by molar-refractivity contribution is 0.102. The van der Waals surface area contributed by atoms with E-state index in [-0.39, 0.29) is 10.5 Å². The summed E-state index contributed by atoms with van der Waals surface area (Å²) >= 11 is 3.35.